The van der Waals surface area contributed by atoms with Gasteiger partial charge in [-0.2, -0.15) is 9.40 Å². The molecule has 44 heavy (non-hydrogen) atoms. The van der Waals surface area contributed by atoms with E-state index < -0.39 is 31.8 Å². The van der Waals surface area contributed by atoms with Crippen LogP contribution in [0.5, 0.6) is 5.75 Å². The summed E-state index contributed by atoms with van der Waals surface area (Å²) in [6, 6.07) is 13.2. The molecule has 3 heterocycles. The lowest BCUT2D eigenvalue weighted by molar-refractivity contribution is -0.0312. The van der Waals surface area contributed by atoms with Gasteiger partial charge in [0, 0.05) is 56.6 Å². The van der Waals surface area contributed by atoms with E-state index in [0.29, 0.717) is 38.3 Å². The number of aryl methyl sites for hydroxylation is 1. The quantitative estimate of drug-likeness (QED) is 0.254. The zero-order valence-corrected chi connectivity index (χ0v) is 26.7. The molecular formula is C30H41N5O7S2. The fraction of sp³-hybridized carbons (Fsp3) is 0.500. The molecule has 2 aromatic carbocycles. The predicted molar refractivity (Wildman–Crippen MR) is 165 cm³/mol. The van der Waals surface area contributed by atoms with Crippen molar-refractivity contribution in [3.8, 4) is 16.9 Å². The molecule has 0 bridgehead atoms. The van der Waals surface area contributed by atoms with Crippen LogP contribution in [0.1, 0.15) is 33.1 Å². The second-order valence-electron chi connectivity index (χ2n) is 11.3. The van der Waals surface area contributed by atoms with Crippen molar-refractivity contribution < 1.29 is 31.4 Å². The highest BCUT2D eigenvalue weighted by atomic mass is 32.2. The summed E-state index contributed by atoms with van der Waals surface area (Å²) in [5.74, 6) is 0.354. The van der Waals surface area contributed by atoms with Crippen LogP contribution in [0.15, 0.2) is 70.7 Å². The molecule has 2 aliphatic rings. The molecule has 0 aliphatic carbocycles. The molecule has 0 saturated carbocycles. The van der Waals surface area contributed by atoms with Crippen LogP contribution in [0, 0.1) is 0 Å². The third-order valence-electron chi connectivity index (χ3n) is 8.14. The zero-order chi connectivity index (χ0) is 31.4. The van der Waals surface area contributed by atoms with Crippen molar-refractivity contribution in [2.75, 3.05) is 39.4 Å². The highest BCUT2D eigenvalue weighted by Gasteiger charge is 2.44. The molecule has 1 spiro atoms. The molecule has 12 nitrogen and oxygen atoms in total. The van der Waals surface area contributed by atoms with Crippen molar-refractivity contribution in [2.45, 2.75) is 67.2 Å². The minimum atomic E-state index is -3.66. The van der Waals surface area contributed by atoms with E-state index in [4.69, 9.17) is 9.47 Å². The Balaban J connectivity index is 1.09. The maximum Gasteiger partial charge on any atom is 0.243 e. The number of ether oxygens (including phenoxy) is 2. The first kappa shape index (κ1) is 32.5. The van der Waals surface area contributed by atoms with Crippen LogP contribution in [-0.2, 0) is 31.3 Å². The molecule has 2 aliphatic heterocycles. The van der Waals surface area contributed by atoms with E-state index in [2.05, 4.69) is 15.1 Å². The lowest BCUT2D eigenvalue weighted by Crippen LogP contribution is -2.47. The average Bonchev–Trinajstić information content (AvgIpc) is 3.67. The van der Waals surface area contributed by atoms with Crippen molar-refractivity contribution >= 4 is 20.0 Å². The molecule has 1 aromatic heterocycles. The first-order valence-electron chi connectivity index (χ1n) is 14.9. The maximum absolute atomic E-state index is 13.5. The standard InChI is InChI=1S/C30H41N5O7S2/c1-3-33-43(37,38)28-9-6-8-27(16-28)41-22-26(36)19-31-25-17-30(42-21-25)11-13-35(14-12-30)44(39,40)29-10-5-7-23(15-29)24-18-32-34(4-2)20-24/h5-10,15-16,18,20,25-26,31,33,36H,3-4,11-14,17,19,21-22H2,1-2H3/t25?,26-/m0/s1. The third-order valence-corrected chi connectivity index (χ3v) is 11.6. The van der Waals surface area contributed by atoms with Crippen LogP contribution in [0.25, 0.3) is 11.1 Å². The Labute approximate surface area is 259 Å². The van der Waals surface area contributed by atoms with Gasteiger partial charge in [-0.05, 0) is 56.0 Å². The fourth-order valence-electron chi connectivity index (χ4n) is 5.69. The molecule has 3 N–H and O–H groups in total. The van der Waals surface area contributed by atoms with Crippen molar-refractivity contribution in [2.24, 2.45) is 0 Å². The van der Waals surface area contributed by atoms with Crippen molar-refractivity contribution in [3.63, 3.8) is 0 Å². The summed E-state index contributed by atoms with van der Waals surface area (Å²) < 4.78 is 69.1. The van der Waals surface area contributed by atoms with Crippen LogP contribution < -0.4 is 14.8 Å². The third kappa shape index (κ3) is 7.50. The largest absolute Gasteiger partial charge is 0.491 e. The second kappa shape index (κ2) is 13.6. The van der Waals surface area contributed by atoms with Crippen LogP contribution in [0.4, 0.5) is 0 Å². The van der Waals surface area contributed by atoms with Crippen molar-refractivity contribution in [1.29, 1.82) is 0 Å². The molecule has 14 heteroatoms. The Morgan fingerprint density at radius 1 is 1.07 bits per heavy atom. The molecule has 0 amide bonds. The lowest BCUT2D eigenvalue weighted by atomic mass is 9.88. The Morgan fingerprint density at radius 3 is 2.55 bits per heavy atom. The number of sulfonamides is 2. The van der Waals surface area contributed by atoms with Crippen LogP contribution in [0.3, 0.4) is 0 Å². The number of rotatable bonds is 13. The van der Waals surface area contributed by atoms with Gasteiger partial charge in [0.2, 0.25) is 20.0 Å². The summed E-state index contributed by atoms with van der Waals surface area (Å²) in [7, 11) is -7.27. The Morgan fingerprint density at radius 2 is 1.82 bits per heavy atom. The number of nitrogens with zero attached hydrogens (tertiary/aromatic N) is 3. The van der Waals surface area contributed by atoms with Crippen molar-refractivity contribution in [3.05, 3.63) is 60.9 Å². The SMILES string of the molecule is CCNS(=O)(=O)c1cccc(OC[C@@H](O)CNC2COC3(CCN(S(=O)(=O)c4cccc(-c5cnn(CC)c5)c4)CC3)C2)c1. The Kier molecular flexibility index (Phi) is 10.1. The van der Waals surface area contributed by atoms with Gasteiger partial charge in [-0.3, -0.25) is 4.68 Å². The van der Waals surface area contributed by atoms with Gasteiger partial charge < -0.3 is 19.9 Å². The van der Waals surface area contributed by atoms with E-state index in [1.807, 2.05) is 19.2 Å². The van der Waals surface area contributed by atoms with Crippen LogP contribution in [-0.4, -0.2) is 93.2 Å². The number of hydrogen-bond acceptors (Lipinski definition) is 9. The van der Waals surface area contributed by atoms with Gasteiger partial charge in [-0.25, -0.2) is 21.6 Å². The van der Waals surface area contributed by atoms with Crippen LogP contribution >= 0.6 is 0 Å². The first-order valence-corrected chi connectivity index (χ1v) is 17.9. The van der Waals surface area contributed by atoms with Gasteiger partial charge in [0.1, 0.15) is 18.5 Å². The van der Waals surface area contributed by atoms with Gasteiger partial charge in [0.05, 0.1) is 28.2 Å². The van der Waals surface area contributed by atoms with E-state index in [9.17, 15) is 21.9 Å². The lowest BCUT2D eigenvalue weighted by Gasteiger charge is -2.38. The highest BCUT2D eigenvalue weighted by molar-refractivity contribution is 7.89. The number of piperidine rings is 1. The van der Waals surface area contributed by atoms with E-state index in [1.54, 1.807) is 48.1 Å². The molecule has 2 saturated heterocycles. The molecule has 1 unspecified atom stereocenters. The highest BCUT2D eigenvalue weighted by Crippen LogP contribution is 2.37. The minimum absolute atomic E-state index is 0.00854. The molecule has 3 aromatic rings. The van der Waals surface area contributed by atoms with E-state index in [1.165, 1.54) is 16.4 Å². The summed E-state index contributed by atoms with van der Waals surface area (Å²) in [6.07, 6.45) is 4.73. The molecule has 2 atom stereocenters. The topological polar surface area (TPSA) is 152 Å². The van der Waals surface area contributed by atoms with E-state index >= 15 is 0 Å². The normalized spacial score (nSPS) is 19.8. The molecule has 0 radical (unpaired) electrons. The van der Waals surface area contributed by atoms with Crippen LogP contribution in [0.2, 0.25) is 0 Å². The minimum Gasteiger partial charge on any atom is -0.491 e. The zero-order valence-electron chi connectivity index (χ0n) is 25.1. The summed E-state index contributed by atoms with van der Waals surface area (Å²) in [5, 5.41) is 18.1. The van der Waals surface area contributed by atoms with Gasteiger partial charge in [0.15, 0.2) is 0 Å². The Hall–Kier alpha value is -2.85. The first-order chi connectivity index (χ1) is 21.0. The number of aliphatic hydroxyl groups is 1. The monoisotopic (exact) mass is 647 g/mol. The van der Waals surface area contributed by atoms with Crippen molar-refractivity contribution in [1.82, 2.24) is 24.1 Å². The average molecular weight is 648 g/mol. The fourth-order valence-corrected chi connectivity index (χ4v) is 8.25. The summed E-state index contributed by atoms with van der Waals surface area (Å²) >= 11 is 0. The van der Waals surface area contributed by atoms with Gasteiger partial charge in [-0.1, -0.05) is 25.1 Å². The molecule has 240 valence electrons. The number of aliphatic hydroxyl groups excluding tert-OH is 1. The predicted octanol–water partition coefficient (Wildman–Crippen LogP) is 2.21. The number of hydrogen-bond donors (Lipinski definition) is 3. The Bertz CT molecular complexity index is 1640. The summed E-state index contributed by atoms with van der Waals surface area (Å²) in [6.45, 7) is 6.19. The maximum atomic E-state index is 13.5. The van der Waals surface area contributed by atoms with E-state index in [0.717, 1.165) is 24.1 Å². The number of benzene rings is 2. The smallest absolute Gasteiger partial charge is 0.243 e. The van der Waals surface area contributed by atoms with Gasteiger partial charge >= 0.3 is 0 Å². The van der Waals surface area contributed by atoms with Gasteiger partial charge in [0.25, 0.3) is 0 Å². The molecule has 5 rings (SSSR count). The second-order valence-corrected chi connectivity index (χ2v) is 15.0. The van der Waals surface area contributed by atoms with E-state index in [-0.39, 0.29) is 35.5 Å². The summed E-state index contributed by atoms with van der Waals surface area (Å²) in [5.41, 5.74) is 1.28. The summed E-state index contributed by atoms with van der Waals surface area (Å²) in [4.78, 5) is 0.370. The van der Waals surface area contributed by atoms with Gasteiger partial charge in [-0.15, -0.1) is 0 Å². The number of aromatic nitrogens is 2. The number of nitrogens with one attached hydrogen (secondary N) is 2. The molecule has 2 fully saturated rings. The molecular weight excluding hydrogens is 606 g/mol.